The number of halogens is 2. The van der Waals surface area contributed by atoms with Gasteiger partial charge in [0.15, 0.2) is 0 Å². The Labute approximate surface area is 145 Å². The molecule has 2 aromatic rings. The smallest absolute Gasteiger partial charge is 0.239 e. The van der Waals surface area contributed by atoms with E-state index in [-0.39, 0.29) is 5.69 Å². The number of nitrogens with one attached hydrogen (secondary N) is 2. The molecule has 0 heterocycles. The summed E-state index contributed by atoms with van der Waals surface area (Å²) in [6.07, 6.45) is 0. The third-order valence-corrected chi connectivity index (χ3v) is 4.17. The Kier molecular flexibility index (Phi) is 5.21. The maximum Gasteiger partial charge on any atom is 0.239 e. The molecule has 0 unspecified atom stereocenters. The van der Waals surface area contributed by atoms with E-state index in [1.807, 2.05) is 19.9 Å². The molecular formula is C19H20F2N2O2. The van der Waals surface area contributed by atoms with Gasteiger partial charge in [0.1, 0.15) is 17.0 Å². The summed E-state index contributed by atoms with van der Waals surface area (Å²) in [5, 5.41) is 5.06. The van der Waals surface area contributed by atoms with Gasteiger partial charge in [0.05, 0.1) is 5.69 Å². The lowest BCUT2D eigenvalue weighted by molar-refractivity contribution is -0.135. The molecule has 2 amide bonds. The van der Waals surface area contributed by atoms with Gasteiger partial charge in [0, 0.05) is 11.8 Å². The van der Waals surface area contributed by atoms with Gasteiger partial charge in [0.25, 0.3) is 0 Å². The minimum absolute atomic E-state index is 0.181. The van der Waals surface area contributed by atoms with Crippen LogP contribution in [0.4, 0.5) is 20.2 Å². The summed E-state index contributed by atoms with van der Waals surface area (Å²) in [5.74, 6) is -2.87. The van der Waals surface area contributed by atoms with Crippen molar-refractivity contribution in [2.75, 3.05) is 10.6 Å². The van der Waals surface area contributed by atoms with Crippen molar-refractivity contribution in [3.05, 3.63) is 59.2 Å². The highest BCUT2D eigenvalue weighted by Crippen LogP contribution is 2.25. The van der Waals surface area contributed by atoms with Crippen molar-refractivity contribution in [2.24, 2.45) is 5.41 Å². The van der Waals surface area contributed by atoms with Gasteiger partial charge in [-0.2, -0.15) is 0 Å². The van der Waals surface area contributed by atoms with Gasteiger partial charge in [-0.15, -0.1) is 0 Å². The number of hydrogen-bond donors (Lipinski definition) is 2. The monoisotopic (exact) mass is 346 g/mol. The Hall–Kier alpha value is -2.76. The van der Waals surface area contributed by atoms with E-state index in [2.05, 4.69) is 10.6 Å². The molecule has 0 aliphatic rings. The zero-order valence-corrected chi connectivity index (χ0v) is 14.5. The Morgan fingerprint density at radius 3 is 2.12 bits per heavy atom. The highest BCUT2D eigenvalue weighted by molar-refractivity contribution is 6.14. The second kappa shape index (κ2) is 7.01. The van der Waals surface area contributed by atoms with Crippen LogP contribution in [0, 0.1) is 30.9 Å². The van der Waals surface area contributed by atoms with Crippen molar-refractivity contribution in [2.45, 2.75) is 27.7 Å². The fourth-order valence-corrected chi connectivity index (χ4v) is 2.14. The highest BCUT2D eigenvalue weighted by Gasteiger charge is 2.36. The van der Waals surface area contributed by atoms with Gasteiger partial charge >= 0.3 is 0 Å². The first kappa shape index (κ1) is 18.6. The minimum atomic E-state index is -1.46. The first-order valence-electron chi connectivity index (χ1n) is 7.77. The minimum Gasteiger partial charge on any atom is -0.325 e. The summed E-state index contributed by atoms with van der Waals surface area (Å²) in [7, 11) is 0. The van der Waals surface area contributed by atoms with Crippen LogP contribution in [0.5, 0.6) is 0 Å². The molecule has 0 bridgehead atoms. The molecule has 0 radical (unpaired) electrons. The van der Waals surface area contributed by atoms with Crippen LogP contribution >= 0.6 is 0 Å². The fourth-order valence-electron chi connectivity index (χ4n) is 2.14. The van der Waals surface area contributed by atoms with Crippen LogP contribution in [0.3, 0.4) is 0 Å². The van der Waals surface area contributed by atoms with Crippen molar-refractivity contribution >= 4 is 23.2 Å². The standard InChI is InChI=1S/C19H20F2N2O2/c1-11-6-5-7-15(12(11)2)22-17(24)19(3,4)18(25)23-16-9-8-13(20)10-14(16)21/h5-10H,1-4H3,(H,22,24)(H,23,25). The van der Waals surface area contributed by atoms with E-state index in [9.17, 15) is 18.4 Å². The number of amides is 2. The molecule has 6 heteroatoms. The number of anilines is 2. The normalized spacial score (nSPS) is 11.1. The quantitative estimate of drug-likeness (QED) is 0.816. The molecule has 0 aliphatic heterocycles. The van der Waals surface area contributed by atoms with Gasteiger partial charge in [-0.3, -0.25) is 9.59 Å². The van der Waals surface area contributed by atoms with Crippen molar-refractivity contribution in [3.63, 3.8) is 0 Å². The number of carbonyl (C=O) groups excluding carboxylic acids is 2. The molecule has 0 aliphatic carbocycles. The lowest BCUT2D eigenvalue weighted by Crippen LogP contribution is -2.41. The van der Waals surface area contributed by atoms with Crippen LogP contribution in [0.2, 0.25) is 0 Å². The van der Waals surface area contributed by atoms with Crippen LogP contribution in [-0.4, -0.2) is 11.8 Å². The van der Waals surface area contributed by atoms with Gasteiger partial charge in [-0.25, -0.2) is 8.78 Å². The fraction of sp³-hybridized carbons (Fsp3) is 0.263. The summed E-state index contributed by atoms with van der Waals surface area (Å²) in [4.78, 5) is 25.0. The zero-order valence-electron chi connectivity index (χ0n) is 14.5. The summed E-state index contributed by atoms with van der Waals surface area (Å²) in [6.45, 7) is 6.65. The van der Waals surface area contributed by atoms with Crippen LogP contribution in [0.15, 0.2) is 36.4 Å². The Morgan fingerprint density at radius 2 is 1.52 bits per heavy atom. The average Bonchev–Trinajstić information content (AvgIpc) is 2.54. The lowest BCUT2D eigenvalue weighted by atomic mass is 9.90. The number of rotatable bonds is 4. The van der Waals surface area contributed by atoms with Gasteiger partial charge in [-0.1, -0.05) is 12.1 Å². The van der Waals surface area contributed by atoms with Gasteiger partial charge < -0.3 is 10.6 Å². The second-order valence-corrected chi connectivity index (χ2v) is 6.40. The van der Waals surface area contributed by atoms with Crippen molar-refractivity contribution in [1.82, 2.24) is 0 Å². The van der Waals surface area contributed by atoms with Gasteiger partial charge in [0.2, 0.25) is 11.8 Å². The van der Waals surface area contributed by atoms with E-state index >= 15 is 0 Å². The molecule has 0 saturated heterocycles. The highest BCUT2D eigenvalue weighted by atomic mass is 19.1. The Balaban J connectivity index is 2.17. The van der Waals surface area contributed by atoms with E-state index in [1.54, 1.807) is 12.1 Å². The number of aryl methyl sites for hydroxylation is 1. The van der Waals surface area contributed by atoms with E-state index < -0.39 is 28.9 Å². The molecule has 132 valence electrons. The summed E-state index contributed by atoms with van der Waals surface area (Å²) in [5.41, 5.74) is 0.875. The number of hydrogen-bond acceptors (Lipinski definition) is 2. The summed E-state index contributed by atoms with van der Waals surface area (Å²) >= 11 is 0. The summed E-state index contributed by atoms with van der Waals surface area (Å²) in [6, 6.07) is 8.27. The maximum atomic E-state index is 13.7. The number of benzene rings is 2. The maximum absolute atomic E-state index is 13.7. The van der Waals surface area contributed by atoms with Crippen LogP contribution in [-0.2, 0) is 9.59 Å². The predicted molar refractivity (Wildman–Crippen MR) is 93.3 cm³/mol. The average molecular weight is 346 g/mol. The predicted octanol–water partition coefficient (Wildman–Crippen LogP) is 4.19. The molecule has 2 aromatic carbocycles. The molecule has 2 N–H and O–H groups in total. The second-order valence-electron chi connectivity index (χ2n) is 6.40. The van der Waals surface area contributed by atoms with E-state index in [1.165, 1.54) is 13.8 Å². The molecular weight excluding hydrogens is 326 g/mol. The van der Waals surface area contributed by atoms with Crippen molar-refractivity contribution in [3.8, 4) is 0 Å². The Bertz CT molecular complexity index is 832. The largest absolute Gasteiger partial charge is 0.325 e. The van der Waals surface area contributed by atoms with Crippen molar-refractivity contribution in [1.29, 1.82) is 0 Å². The number of carbonyl (C=O) groups is 2. The first-order chi connectivity index (χ1) is 11.6. The van der Waals surface area contributed by atoms with E-state index in [0.29, 0.717) is 11.8 Å². The van der Waals surface area contributed by atoms with Crippen molar-refractivity contribution < 1.29 is 18.4 Å². The first-order valence-corrected chi connectivity index (χ1v) is 7.77. The summed E-state index contributed by atoms with van der Waals surface area (Å²) < 4.78 is 26.6. The third-order valence-electron chi connectivity index (χ3n) is 4.17. The van der Waals surface area contributed by atoms with E-state index in [4.69, 9.17) is 0 Å². The van der Waals surface area contributed by atoms with Crippen LogP contribution < -0.4 is 10.6 Å². The molecule has 0 aromatic heterocycles. The zero-order chi connectivity index (χ0) is 18.8. The molecule has 0 fully saturated rings. The SMILES string of the molecule is Cc1cccc(NC(=O)C(C)(C)C(=O)Nc2ccc(F)cc2F)c1C. The molecule has 0 saturated carbocycles. The topological polar surface area (TPSA) is 58.2 Å². The molecule has 0 atom stereocenters. The lowest BCUT2D eigenvalue weighted by Gasteiger charge is -2.23. The van der Waals surface area contributed by atoms with E-state index in [0.717, 1.165) is 23.3 Å². The van der Waals surface area contributed by atoms with Crippen LogP contribution in [0.25, 0.3) is 0 Å². The molecule has 25 heavy (non-hydrogen) atoms. The third kappa shape index (κ3) is 4.02. The Morgan fingerprint density at radius 1 is 0.920 bits per heavy atom. The van der Waals surface area contributed by atoms with Gasteiger partial charge in [-0.05, 0) is 57.0 Å². The molecule has 2 rings (SSSR count). The van der Waals surface area contributed by atoms with Crippen LogP contribution in [0.1, 0.15) is 25.0 Å². The molecule has 4 nitrogen and oxygen atoms in total. The molecule has 0 spiro atoms.